The number of hydrogen-bond donors (Lipinski definition) is 1. The maximum atomic E-state index is 12.4. The van der Waals surface area contributed by atoms with Gasteiger partial charge in [-0.15, -0.1) is 0 Å². The first-order chi connectivity index (χ1) is 12.9. The number of ether oxygens (including phenoxy) is 2. The van der Waals surface area contributed by atoms with Gasteiger partial charge in [0.1, 0.15) is 5.75 Å². The smallest absolute Gasteiger partial charge is 0.338 e. The van der Waals surface area contributed by atoms with E-state index >= 15 is 0 Å². The van der Waals surface area contributed by atoms with Crippen molar-refractivity contribution in [2.24, 2.45) is 0 Å². The summed E-state index contributed by atoms with van der Waals surface area (Å²) in [5.41, 5.74) is 0.848. The maximum Gasteiger partial charge on any atom is 0.338 e. The highest BCUT2D eigenvalue weighted by atomic mass is 35.5. The molecule has 0 aromatic heterocycles. The van der Waals surface area contributed by atoms with Crippen molar-refractivity contribution < 1.29 is 19.1 Å². The number of halogens is 2. The van der Waals surface area contributed by atoms with Gasteiger partial charge in [-0.3, -0.25) is 4.79 Å². The van der Waals surface area contributed by atoms with Crippen LogP contribution in [0.2, 0.25) is 10.0 Å². The lowest BCUT2D eigenvalue weighted by molar-refractivity contribution is -0.122. The standard InChI is InChI=1S/C20H21Cl2NO4/c1-3-4-10-26-20(25)14-6-5-7-16(11-14)23-19(24)13(2)27-18-9-8-15(21)12-17(18)22/h5-9,11-13H,3-4,10H2,1-2H3,(H,23,24). The van der Waals surface area contributed by atoms with Crippen molar-refractivity contribution in [3.8, 4) is 5.75 Å². The second kappa shape index (κ2) is 10.2. The summed E-state index contributed by atoms with van der Waals surface area (Å²) >= 11 is 11.9. The number of amides is 1. The van der Waals surface area contributed by atoms with Crippen LogP contribution in [0.5, 0.6) is 5.75 Å². The summed E-state index contributed by atoms with van der Waals surface area (Å²) in [6, 6.07) is 11.3. The molecule has 1 atom stereocenters. The highest BCUT2D eigenvalue weighted by molar-refractivity contribution is 6.35. The van der Waals surface area contributed by atoms with Gasteiger partial charge in [0.25, 0.3) is 5.91 Å². The molecule has 0 saturated carbocycles. The van der Waals surface area contributed by atoms with E-state index in [0.29, 0.717) is 33.7 Å². The first-order valence-corrected chi connectivity index (χ1v) is 9.36. The minimum atomic E-state index is -0.802. The van der Waals surface area contributed by atoms with Gasteiger partial charge >= 0.3 is 5.97 Å². The van der Waals surface area contributed by atoms with Crippen LogP contribution in [0.25, 0.3) is 0 Å². The highest BCUT2D eigenvalue weighted by Crippen LogP contribution is 2.28. The van der Waals surface area contributed by atoms with Gasteiger partial charge in [0.05, 0.1) is 17.2 Å². The first-order valence-electron chi connectivity index (χ1n) is 8.60. The van der Waals surface area contributed by atoms with E-state index in [2.05, 4.69) is 5.32 Å². The number of anilines is 1. The van der Waals surface area contributed by atoms with E-state index < -0.39 is 12.1 Å². The Bertz CT molecular complexity index is 810. The number of carbonyl (C=O) groups excluding carboxylic acids is 2. The van der Waals surface area contributed by atoms with E-state index in [1.165, 1.54) is 6.07 Å². The Kier molecular flexibility index (Phi) is 7.95. The molecule has 27 heavy (non-hydrogen) atoms. The molecule has 0 aliphatic rings. The van der Waals surface area contributed by atoms with E-state index in [1.807, 2.05) is 6.92 Å². The average Bonchev–Trinajstić information content (AvgIpc) is 2.64. The summed E-state index contributed by atoms with van der Waals surface area (Å²) in [5, 5.41) is 3.51. The van der Waals surface area contributed by atoms with Crippen molar-refractivity contribution in [2.75, 3.05) is 11.9 Å². The predicted molar refractivity (Wildman–Crippen MR) is 107 cm³/mol. The van der Waals surface area contributed by atoms with Crippen LogP contribution in [-0.2, 0) is 9.53 Å². The van der Waals surface area contributed by atoms with Crippen LogP contribution in [0, 0.1) is 0 Å². The minimum Gasteiger partial charge on any atom is -0.479 e. The van der Waals surface area contributed by atoms with Crippen molar-refractivity contribution in [2.45, 2.75) is 32.8 Å². The minimum absolute atomic E-state index is 0.318. The van der Waals surface area contributed by atoms with Gasteiger partial charge in [0.2, 0.25) is 0 Å². The van der Waals surface area contributed by atoms with Crippen LogP contribution >= 0.6 is 23.2 Å². The van der Waals surface area contributed by atoms with Crippen LogP contribution in [0.1, 0.15) is 37.0 Å². The summed E-state index contributed by atoms with van der Waals surface area (Å²) in [6.45, 7) is 3.99. The Morgan fingerprint density at radius 2 is 1.93 bits per heavy atom. The molecule has 5 nitrogen and oxygen atoms in total. The molecule has 2 aromatic rings. The Morgan fingerprint density at radius 1 is 1.15 bits per heavy atom. The zero-order valence-corrected chi connectivity index (χ0v) is 16.6. The Hall–Kier alpha value is -2.24. The van der Waals surface area contributed by atoms with Crippen LogP contribution in [0.4, 0.5) is 5.69 Å². The molecule has 1 N–H and O–H groups in total. The summed E-state index contributed by atoms with van der Waals surface area (Å²) in [5.74, 6) is -0.439. The van der Waals surface area contributed by atoms with Crippen molar-refractivity contribution in [1.82, 2.24) is 0 Å². The molecule has 0 fully saturated rings. The molecule has 0 aliphatic heterocycles. The fourth-order valence-corrected chi connectivity index (χ4v) is 2.63. The molecule has 1 unspecified atom stereocenters. The zero-order valence-electron chi connectivity index (χ0n) is 15.1. The monoisotopic (exact) mass is 409 g/mol. The fourth-order valence-electron chi connectivity index (χ4n) is 2.18. The number of esters is 1. The van der Waals surface area contributed by atoms with Crippen LogP contribution < -0.4 is 10.1 Å². The Morgan fingerprint density at radius 3 is 2.63 bits per heavy atom. The average molecular weight is 410 g/mol. The van der Waals surface area contributed by atoms with E-state index in [0.717, 1.165) is 12.8 Å². The number of carbonyl (C=O) groups is 2. The molecule has 7 heteroatoms. The fraction of sp³-hybridized carbons (Fsp3) is 0.300. The zero-order chi connectivity index (χ0) is 19.8. The second-order valence-corrected chi connectivity index (χ2v) is 6.74. The van der Waals surface area contributed by atoms with Crippen LogP contribution in [0.15, 0.2) is 42.5 Å². The third-order valence-electron chi connectivity index (χ3n) is 3.66. The number of nitrogens with one attached hydrogen (secondary N) is 1. The lowest BCUT2D eigenvalue weighted by atomic mass is 10.2. The molecule has 2 rings (SSSR count). The van der Waals surface area contributed by atoms with Gasteiger partial charge in [-0.2, -0.15) is 0 Å². The molecule has 0 saturated heterocycles. The van der Waals surface area contributed by atoms with Crippen molar-refractivity contribution >= 4 is 40.8 Å². The SMILES string of the molecule is CCCCOC(=O)c1cccc(NC(=O)C(C)Oc2ccc(Cl)cc2Cl)c1. The molecule has 144 valence electrons. The molecule has 1 amide bonds. The Labute approximate surface area is 168 Å². The van der Waals surface area contributed by atoms with Crippen molar-refractivity contribution in [3.05, 3.63) is 58.1 Å². The highest BCUT2D eigenvalue weighted by Gasteiger charge is 2.17. The quantitative estimate of drug-likeness (QED) is 0.470. The van der Waals surface area contributed by atoms with E-state index in [1.54, 1.807) is 43.3 Å². The number of hydrogen-bond acceptors (Lipinski definition) is 4. The van der Waals surface area contributed by atoms with Crippen LogP contribution in [-0.4, -0.2) is 24.6 Å². The molecule has 0 spiro atoms. The van der Waals surface area contributed by atoms with Gasteiger partial charge in [-0.05, 0) is 49.7 Å². The largest absolute Gasteiger partial charge is 0.479 e. The topological polar surface area (TPSA) is 64.6 Å². The number of rotatable bonds is 8. The lowest BCUT2D eigenvalue weighted by Crippen LogP contribution is -2.30. The van der Waals surface area contributed by atoms with E-state index in [9.17, 15) is 9.59 Å². The number of unbranched alkanes of at least 4 members (excludes halogenated alkanes) is 1. The van der Waals surface area contributed by atoms with E-state index in [4.69, 9.17) is 32.7 Å². The second-order valence-electron chi connectivity index (χ2n) is 5.89. The lowest BCUT2D eigenvalue weighted by Gasteiger charge is -2.16. The van der Waals surface area contributed by atoms with Gasteiger partial charge in [0, 0.05) is 10.7 Å². The van der Waals surface area contributed by atoms with Crippen LogP contribution in [0.3, 0.4) is 0 Å². The third kappa shape index (κ3) is 6.45. The summed E-state index contributed by atoms with van der Waals surface area (Å²) in [7, 11) is 0. The third-order valence-corrected chi connectivity index (χ3v) is 4.19. The van der Waals surface area contributed by atoms with E-state index in [-0.39, 0.29) is 5.91 Å². The summed E-state index contributed by atoms with van der Waals surface area (Å²) < 4.78 is 10.8. The Balaban J connectivity index is 1.98. The maximum absolute atomic E-state index is 12.4. The van der Waals surface area contributed by atoms with Crippen molar-refractivity contribution in [3.63, 3.8) is 0 Å². The molecule has 2 aromatic carbocycles. The first kappa shape index (κ1) is 21.1. The molecular formula is C20H21Cl2NO4. The number of benzene rings is 2. The normalized spacial score (nSPS) is 11.6. The van der Waals surface area contributed by atoms with Gasteiger partial charge in [-0.1, -0.05) is 42.6 Å². The van der Waals surface area contributed by atoms with Gasteiger partial charge in [-0.25, -0.2) is 4.79 Å². The molecule has 0 bridgehead atoms. The van der Waals surface area contributed by atoms with Gasteiger partial charge < -0.3 is 14.8 Å². The summed E-state index contributed by atoms with van der Waals surface area (Å²) in [4.78, 5) is 24.4. The van der Waals surface area contributed by atoms with Gasteiger partial charge in [0.15, 0.2) is 6.10 Å². The molecular weight excluding hydrogens is 389 g/mol. The summed E-state index contributed by atoms with van der Waals surface area (Å²) in [6.07, 6.45) is 0.951. The van der Waals surface area contributed by atoms with Crippen molar-refractivity contribution in [1.29, 1.82) is 0 Å². The molecule has 0 heterocycles. The predicted octanol–water partition coefficient (Wildman–Crippen LogP) is 5.36. The molecule has 0 radical (unpaired) electrons. The molecule has 0 aliphatic carbocycles.